The van der Waals surface area contributed by atoms with Crippen molar-refractivity contribution in [3.8, 4) is 0 Å². The number of aliphatic hydroxyl groups is 1. The summed E-state index contributed by atoms with van der Waals surface area (Å²) in [6.45, 7) is 1.61. The smallest absolute Gasteiger partial charge is 0.147 e. The lowest BCUT2D eigenvalue weighted by Gasteiger charge is -2.06. The SMILES string of the molecule is CC(O)CCc1ccc(F)c(Cl)c1F. The Morgan fingerprint density at radius 3 is 2.64 bits per heavy atom. The molecule has 1 unspecified atom stereocenters. The molecule has 0 spiro atoms. The van der Waals surface area contributed by atoms with Crippen LogP contribution in [0.5, 0.6) is 0 Å². The Morgan fingerprint density at radius 2 is 2.07 bits per heavy atom. The van der Waals surface area contributed by atoms with Crippen molar-refractivity contribution in [2.24, 2.45) is 0 Å². The lowest BCUT2D eigenvalue weighted by atomic mass is 10.1. The van der Waals surface area contributed by atoms with E-state index in [1.807, 2.05) is 0 Å². The van der Waals surface area contributed by atoms with Crippen LogP contribution in [0.4, 0.5) is 8.78 Å². The standard InChI is InChI=1S/C10H11ClF2O/c1-6(14)2-3-7-4-5-8(12)9(11)10(7)13/h4-6,14H,2-3H2,1H3. The molecule has 0 aromatic heterocycles. The lowest BCUT2D eigenvalue weighted by molar-refractivity contribution is 0.184. The van der Waals surface area contributed by atoms with Gasteiger partial charge in [0.25, 0.3) is 0 Å². The predicted octanol–water partition coefficient (Wildman–Crippen LogP) is 2.93. The third kappa shape index (κ3) is 2.66. The van der Waals surface area contributed by atoms with Crippen LogP contribution in [0.25, 0.3) is 0 Å². The van der Waals surface area contributed by atoms with Crippen molar-refractivity contribution in [2.75, 3.05) is 0 Å². The maximum Gasteiger partial charge on any atom is 0.147 e. The molecular formula is C10H11ClF2O. The zero-order valence-electron chi connectivity index (χ0n) is 7.73. The summed E-state index contributed by atoms with van der Waals surface area (Å²) in [6, 6.07) is 2.47. The highest BCUT2D eigenvalue weighted by Gasteiger charge is 2.11. The molecule has 1 N–H and O–H groups in total. The average Bonchev–Trinajstić information content (AvgIpc) is 2.13. The third-order valence-corrected chi connectivity index (χ3v) is 2.29. The van der Waals surface area contributed by atoms with E-state index in [2.05, 4.69) is 0 Å². The van der Waals surface area contributed by atoms with Gasteiger partial charge < -0.3 is 5.11 Å². The van der Waals surface area contributed by atoms with Crippen LogP contribution < -0.4 is 0 Å². The van der Waals surface area contributed by atoms with Gasteiger partial charge in [0.15, 0.2) is 0 Å². The second kappa shape index (κ2) is 4.71. The molecule has 0 aliphatic heterocycles. The second-order valence-electron chi connectivity index (χ2n) is 3.22. The zero-order chi connectivity index (χ0) is 10.7. The van der Waals surface area contributed by atoms with Crippen LogP contribution in [-0.2, 0) is 6.42 Å². The van der Waals surface area contributed by atoms with E-state index in [1.165, 1.54) is 6.07 Å². The number of aliphatic hydroxyl groups excluding tert-OH is 1. The van der Waals surface area contributed by atoms with Crippen molar-refractivity contribution in [1.29, 1.82) is 0 Å². The molecule has 0 saturated carbocycles. The summed E-state index contributed by atoms with van der Waals surface area (Å²) in [5.74, 6) is -1.49. The molecule has 14 heavy (non-hydrogen) atoms. The molecule has 0 aliphatic carbocycles. The fourth-order valence-corrected chi connectivity index (χ4v) is 1.31. The molecule has 0 fully saturated rings. The molecule has 1 aromatic carbocycles. The van der Waals surface area contributed by atoms with Crippen molar-refractivity contribution in [1.82, 2.24) is 0 Å². The van der Waals surface area contributed by atoms with E-state index in [9.17, 15) is 8.78 Å². The summed E-state index contributed by atoms with van der Waals surface area (Å²) in [4.78, 5) is 0. The second-order valence-corrected chi connectivity index (χ2v) is 3.60. The van der Waals surface area contributed by atoms with Gasteiger partial charge in [-0.3, -0.25) is 0 Å². The number of hydrogen-bond acceptors (Lipinski definition) is 1. The molecule has 1 rings (SSSR count). The lowest BCUT2D eigenvalue weighted by Crippen LogP contribution is -2.03. The minimum Gasteiger partial charge on any atom is -0.393 e. The van der Waals surface area contributed by atoms with Gasteiger partial charge in [0.2, 0.25) is 0 Å². The Balaban J connectivity index is 2.83. The number of aryl methyl sites for hydroxylation is 1. The van der Waals surface area contributed by atoms with Gasteiger partial charge in [0, 0.05) is 0 Å². The first kappa shape index (κ1) is 11.4. The van der Waals surface area contributed by atoms with Crippen LogP contribution in [-0.4, -0.2) is 11.2 Å². The van der Waals surface area contributed by atoms with Crippen LogP contribution in [0.1, 0.15) is 18.9 Å². The van der Waals surface area contributed by atoms with Gasteiger partial charge in [0.05, 0.1) is 6.10 Å². The van der Waals surface area contributed by atoms with Crippen LogP contribution >= 0.6 is 11.6 Å². The van der Waals surface area contributed by atoms with Gasteiger partial charge in [-0.2, -0.15) is 0 Å². The average molecular weight is 221 g/mol. The van der Waals surface area contributed by atoms with Crippen molar-refractivity contribution in [3.05, 3.63) is 34.4 Å². The minimum atomic E-state index is -0.759. The van der Waals surface area contributed by atoms with E-state index in [1.54, 1.807) is 6.92 Å². The third-order valence-electron chi connectivity index (χ3n) is 1.95. The van der Waals surface area contributed by atoms with Crippen molar-refractivity contribution in [2.45, 2.75) is 25.9 Å². The first-order valence-electron chi connectivity index (χ1n) is 4.32. The fraction of sp³-hybridized carbons (Fsp3) is 0.400. The highest BCUT2D eigenvalue weighted by Crippen LogP contribution is 2.22. The molecule has 1 atom stereocenters. The van der Waals surface area contributed by atoms with E-state index in [0.717, 1.165) is 6.07 Å². The fourth-order valence-electron chi connectivity index (χ4n) is 1.12. The van der Waals surface area contributed by atoms with Crippen LogP contribution in [0.2, 0.25) is 5.02 Å². The van der Waals surface area contributed by atoms with Crippen molar-refractivity contribution < 1.29 is 13.9 Å². The maximum atomic E-state index is 13.3. The molecule has 4 heteroatoms. The molecule has 0 aliphatic rings. The summed E-state index contributed by atoms with van der Waals surface area (Å²) in [7, 11) is 0. The zero-order valence-corrected chi connectivity index (χ0v) is 8.48. The van der Waals surface area contributed by atoms with Gasteiger partial charge in [-0.15, -0.1) is 0 Å². The first-order valence-corrected chi connectivity index (χ1v) is 4.70. The summed E-state index contributed by atoms with van der Waals surface area (Å²) in [5, 5.41) is 8.52. The highest BCUT2D eigenvalue weighted by molar-refractivity contribution is 6.30. The molecule has 0 bridgehead atoms. The van der Waals surface area contributed by atoms with Gasteiger partial charge in [-0.1, -0.05) is 17.7 Å². The summed E-state index contributed by atoms with van der Waals surface area (Å²) in [5.41, 5.74) is 0.331. The van der Waals surface area contributed by atoms with Crippen LogP contribution in [0.3, 0.4) is 0 Å². The van der Waals surface area contributed by atoms with E-state index in [-0.39, 0.29) is 0 Å². The van der Waals surface area contributed by atoms with Gasteiger partial charge in [-0.05, 0) is 31.4 Å². The number of rotatable bonds is 3. The number of benzene rings is 1. The Labute approximate surface area is 86.3 Å². The Kier molecular flexibility index (Phi) is 3.84. The van der Waals surface area contributed by atoms with E-state index in [0.29, 0.717) is 18.4 Å². The normalized spacial score (nSPS) is 12.9. The van der Waals surface area contributed by atoms with Crippen LogP contribution in [0, 0.1) is 11.6 Å². The Bertz CT molecular complexity index is 326. The van der Waals surface area contributed by atoms with E-state index < -0.39 is 22.8 Å². The monoisotopic (exact) mass is 220 g/mol. The van der Waals surface area contributed by atoms with Gasteiger partial charge in [-0.25, -0.2) is 8.78 Å². The summed E-state index contributed by atoms with van der Waals surface area (Å²) >= 11 is 5.39. The predicted molar refractivity (Wildman–Crippen MR) is 51.4 cm³/mol. The van der Waals surface area contributed by atoms with Crippen molar-refractivity contribution >= 4 is 11.6 Å². The van der Waals surface area contributed by atoms with E-state index in [4.69, 9.17) is 16.7 Å². The topological polar surface area (TPSA) is 20.2 Å². The summed E-state index contributed by atoms with van der Waals surface area (Å²) < 4.78 is 26.0. The highest BCUT2D eigenvalue weighted by atomic mass is 35.5. The Morgan fingerprint density at radius 1 is 1.43 bits per heavy atom. The largest absolute Gasteiger partial charge is 0.393 e. The Hall–Kier alpha value is -0.670. The maximum absolute atomic E-state index is 13.3. The van der Waals surface area contributed by atoms with E-state index >= 15 is 0 Å². The number of hydrogen-bond donors (Lipinski definition) is 1. The number of halogens is 3. The van der Waals surface area contributed by atoms with Gasteiger partial charge >= 0.3 is 0 Å². The molecule has 78 valence electrons. The molecule has 0 radical (unpaired) electrons. The van der Waals surface area contributed by atoms with Gasteiger partial charge in [0.1, 0.15) is 16.7 Å². The molecule has 1 aromatic rings. The van der Waals surface area contributed by atoms with Crippen LogP contribution in [0.15, 0.2) is 12.1 Å². The minimum absolute atomic E-state index is 0.331. The molecule has 0 heterocycles. The quantitative estimate of drug-likeness (QED) is 0.777. The molecule has 0 saturated heterocycles. The first-order chi connectivity index (χ1) is 6.52. The summed E-state index contributed by atoms with van der Waals surface area (Å²) in [6.07, 6.45) is 0.278. The molecule has 1 nitrogen and oxygen atoms in total. The molecule has 0 amide bonds. The van der Waals surface area contributed by atoms with Crippen molar-refractivity contribution in [3.63, 3.8) is 0 Å². The molecular weight excluding hydrogens is 210 g/mol.